The number of benzene rings is 1. The van der Waals surface area contributed by atoms with Gasteiger partial charge < -0.3 is 9.31 Å². The highest BCUT2D eigenvalue weighted by atomic mass is 19.2. The predicted octanol–water partition coefficient (Wildman–Crippen LogP) is 4.32. The molecule has 2 rings (SSSR count). The summed E-state index contributed by atoms with van der Waals surface area (Å²) < 4.78 is 91.0. The molecule has 0 N–H and O–H groups in total. The van der Waals surface area contributed by atoms with Gasteiger partial charge >= 0.3 is 7.12 Å². The summed E-state index contributed by atoms with van der Waals surface area (Å²) in [5, 5.41) is 0. The standard InChI is InChI=1S/C14H13BF6O2/c1-13(2)14(3,4)23-15(22-13)7(16)5-6-8(17)10(19)12(21)11(20)9(6)18/h5H,1-4H3. The first-order valence-electron chi connectivity index (χ1n) is 6.63. The first kappa shape index (κ1) is 17.9. The van der Waals surface area contributed by atoms with Crippen molar-refractivity contribution in [1.29, 1.82) is 0 Å². The molecule has 0 radical (unpaired) electrons. The number of halogens is 6. The van der Waals surface area contributed by atoms with E-state index in [0.29, 0.717) is 0 Å². The molecule has 23 heavy (non-hydrogen) atoms. The highest BCUT2D eigenvalue weighted by Crippen LogP contribution is 2.39. The van der Waals surface area contributed by atoms with E-state index in [9.17, 15) is 26.3 Å². The Hall–Kier alpha value is -1.48. The van der Waals surface area contributed by atoms with Crippen molar-refractivity contribution < 1.29 is 35.7 Å². The Labute approximate surface area is 129 Å². The predicted molar refractivity (Wildman–Crippen MR) is 71.4 cm³/mol. The zero-order chi connectivity index (χ0) is 17.7. The third kappa shape index (κ3) is 2.87. The molecule has 0 atom stereocenters. The van der Waals surface area contributed by atoms with E-state index in [2.05, 4.69) is 0 Å². The quantitative estimate of drug-likeness (QED) is 0.346. The maximum absolute atomic E-state index is 14.1. The van der Waals surface area contributed by atoms with Crippen LogP contribution in [0.5, 0.6) is 0 Å². The summed E-state index contributed by atoms with van der Waals surface area (Å²) in [6.07, 6.45) is 0.179. The van der Waals surface area contributed by atoms with Crippen molar-refractivity contribution in [2.24, 2.45) is 0 Å². The third-order valence-electron chi connectivity index (χ3n) is 4.00. The van der Waals surface area contributed by atoms with Crippen molar-refractivity contribution in [3.63, 3.8) is 0 Å². The summed E-state index contributed by atoms with van der Waals surface area (Å²) in [6, 6.07) is 0. The minimum Gasteiger partial charge on any atom is -0.398 e. The molecule has 0 amide bonds. The molecular formula is C14H13BF6O2. The van der Waals surface area contributed by atoms with Gasteiger partial charge in [-0.2, -0.15) is 0 Å². The van der Waals surface area contributed by atoms with E-state index in [-0.39, 0.29) is 6.08 Å². The highest BCUT2D eigenvalue weighted by Gasteiger charge is 2.53. The summed E-state index contributed by atoms with van der Waals surface area (Å²) in [6.45, 7) is 6.44. The van der Waals surface area contributed by atoms with Gasteiger partial charge in [0, 0.05) is 0 Å². The van der Waals surface area contributed by atoms with E-state index in [1.165, 1.54) is 0 Å². The van der Waals surface area contributed by atoms with Gasteiger partial charge in [0.2, 0.25) is 5.82 Å². The van der Waals surface area contributed by atoms with Gasteiger partial charge in [0.05, 0.1) is 16.8 Å². The molecule has 1 aliphatic rings. The molecule has 9 heteroatoms. The normalized spacial score (nSPS) is 20.3. The number of hydrogen-bond donors (Lipinski definition) is 0. The Morgan fingerprint density at radius 1 is 0.783 bits per heavy atom. The fourth-order valence-electron chi connectivity index (χ4n) is 1.91. The Morgan fingerprint density at radius 3 is 1.52 bits per heavy atom. The molecule has 1 aromatic rings. The smallest absolute Gasteiger partial charge is 0.398 e. The average molecular weight is 338 g/mol. The Morgan fingerprint density at radius 2 is 1.13 bits per heavy atom. The molecule has 0 unspecified atom stereocenters. The van der Waals surface area contributed by atoms with Crippen LogP contribution in [0.15, 0.2) is 5.73 Å². The molecular weight excluding hydrogens is 325 g/mol. The van der Waals surface area contributed by atoms with E-state index in [1.807, 2.05) is 0 Å². The topological polar surface area (TPSA) is 18.5 Å². The maximum Gasteiger partial charge on any atom is 0.525 e. The Bertz CT molecular complexity index is 641. The van der Waals surface area contributed by atoms with Crippen molar-refractivity contribution in [3.05, 3.63) is 40.4 Å². The molecule has 126 valence electrons. The van der Waals surface area contributed by atoms with Crippen LogP contribution in [0.25, 0.3) is 6.08 Å². The molecule has 0 aliphatic carbocycles. The zero-order valence-corrected chi connectivity index (χ0v) is 12.7. The molecule has 0 spiro atoms. The summed E-state index contributed by atoms with van der Waals surface area (Å²) in [4.78, 5) is 0. The monoisotopic (exact) mass is 338 g/mol. The van der Waals surface area contributed by atoms with Crippen LogP contribution in [0.1, 0.15) is 33.3 Å². The van der Waals surface area contributed by atoms with Crippen molar-refractivity contribution in [2.45, 2.75) is 38.9 Å². The lowest BCUT2D eigenvalue weighted by molar-refractivity contribution is 0.00578. The summed E-state index contributed by atoms with van der Waals surface area (Å²) in [5.41, 5.74) is -4.57. The van der Waals surface area contributed by atoms with Crippen LogP contribution in [0.4, 0.5) is 26.3 Å². The summed E-state index contributed by atoms with van der Waals surface area (Å²) in [5.74, 6) is -10.9. The van der Waals surface area contributed by atoms with Gasteiger partial charge in [0.25, 0.3) is 0 Å². The van der Waals surface area contributed by atoms with Crippen LogP contribution in [0.2, 0.25) is 0 Å². The molecule has 1 aliphatic heterocycles. The lowest BCUT2D eigenvalue weighted by Crippen LogP contribution is -2.41. The second-order valence-corrected chi connectivity index (χ2v) is 6.10. The number of hydrogen-bond acceptors (Lipinski definition) is 2. The van der Waals surface area contributed by atoms with Crippen molar-refractivity contribution in [2.75, 3.05) is 0 Å². The van der Waals surface area contributed by atoms with Crippen molar-refractivity contribution in [3.8, 4) is 0 Å². The first-order chi connectivity index (χ1) is 10.4. The van der Waals surface area contributed by atoms with Gasteiger partial charge in [-0.1, -0.05) is 0 Å². The fourth-order valence-corrected chi connectivity index (χ4v) is 1.91. The molecule has 0 aromatic heterocycles. The van der Waals surface area contributed by atoms with Gasteiger partial charge in [-0.15, -0.1) is 0 Å². The molecule has 1 saturated heterocycles. The largest absolute Gasteiger partial charge is 0.525 e. The summed E-state index contributed by atoms with van der Waals surface area (Å²) >= 11 is 0. The fraction of sp³-hybridized carbons (Fsp3) is 0.429. The SMILES string of the molecule is CC1(C)OB(C(F)=Cc2c(F)c(F)c(F)c(F)c2F)OC1(C)C. The number of rotatable bonds is 2. The van der Waals surface area contributed by atoms with Gasteiger partial charge in [0.15, 0.2) is 23.3 Å². The van der Waals surface area contributed by atoms with Crippen molar-refractivity contribution >= 4 is 13.2 Å². The van der Waals surface area contributed by atoms with E-state index < -0.39 is 58.7 Å². The zero-order valence-electron chi connectivity index (χ0n) is 12.7. The second kappa shape index (κ2) is 5.56. The summed E-state index contributed by atoms with van der Waals surface area (Å²) in [7, 11) is -1.62. The van der Waals surface area contributed by atoms with Crippen LogP contribution in [0, 0.1) is 29.1 Å². The Balaban J connectivity index is 2.45. The molecule has 2 nitrogen and oxygen atoms in total. The van der Waals surface area contributed by atoms with Crippen LogP contribution >= 0.6 is 0 Å². The molecule has 1 aromatic carbocycles. The van der Waals surface area contributed by atoms with Gasteiger partial charge in [-0.3, -0.25) is 0 Å². The molecule has 0 saturated carbocycles. The van der Waals surface area contributed by atoms with E-state index in [1.54, 1.807) is 27.7 Å². The van der Waals surface area contributed by atoms with Crippen LogP contribution in [-0.2, 0) is 9.31 Å². The Kier molecular flexibility index (Phi) is 4.32. The minimum absolute atomic E-state index is 0.179. The van der Waals surface area contributed by atoms with Gasteiger partial charge in [0.1, 0.15) is 5.73 Å². The van der Waals surface area contributed by atoms with Gasteiger partial charge in [-0.25, -0.2) is 26.3 Å². The van der Waals surface area contributed by atoms with E-state index in [0.717, 1.165) is 0 Å². The van der Waals surface area contributed by atoms with Gasteiger partial charge in [-0.05, 0) is 33.8 Å². The maximum atomic E-state index is 14.1. The van der Waals surface area contributed by atoms with Crippen molar-refractivity contribution in [1.82, 2.24) is 0 Å². The van der Waals surface area contributed by atoms with E-state index >= 15 is 0 Å². The third-order valence-corrected chi connectivity index (χ3v) is 4.00. The van der Waals surface area contributed by atoms with Crippen LogP contribution in [0.3, 0.4) is 0 Å². The lowest BCUT2D eigenvalue weighted by Gasteiger charge is -2.32. The first-order valence-corrected chi connectivity index (χ1v) is 6.63. The van der Waals surface area contributed by atoms with E-state index in [4.69, 9.17) is 9.31 Å². The second-order valence-electron chi connectivity index (χ2n) is 6.10. The lowest BCUT2D eigenvalue weighted by atomic mass is 9.86. The van der Waals surface area contributed by atoms with Crippen LogP contribution in [-0.4, -0.2) is 18.3 Å². The van der Waals surface area contributed by atoms with Crippen LogP contribution < -0.4 is 0 Å². The average Bonchev–Trinajstić information content (AvgIpc) is 2.67. The minimum atomic E-state index is -2.31. The molecule has 1 heterocycles. The molecule has 0 bridgehead atoms. The highest BCUT2D eigenvalue weighted by molar-refractivity contribution is 6.54. The molecule has 1 fully saturated rings.